The third-order valence-electron chi connectivity index (χ3n) is 5.80. The predicted molar refractivity (Wildman–Crippen MR) is 130 cm³/mol. The standard InChI is InChI=1S/C23H25N5O2S2/c1-15(2)9-12-27-21(30)20-18(10-13-31-20)28-22(27)24-25-23(28)32-14-16-5-7-17(8-6-16)26-11-3-4-19(26)29/h5-8,10,13,15H,3-4,9,11-12,14H2,1-2H3. The molecule has 1 aromatic carbocycles. The van der Waals surface area contributed by atoms with E-state index in [4.69, 9.17) is 0 Å². The maximum Gasteiger partial charge on any atom is 0.272 e. The van der Waals surface area contributed by atoms with Crippen molar-refractivity contribution in [3.63, 3.8) is 0 Å². The Labute approximate surface area is 194 Å². The van der Waals surface area contributed by atoms with Crippen molar-refractivity contribution in [3.05, 3.63) is 51.6 Å². The highest BCUT2D eigenvalue weighted by molar-refractivity contribution is 7.98. The number of hydrogen-bond acceptors (Lipinski definition) is 6. The third kappa shape index (κ3) is 3.84. The van der Waals surface area contributed by atoms with Gasteiger partial charge in [-0.3, -0.25) is 18.6 Å². The van der Waals surface area contributed by atoms with Gasteiger partial charge >= 0.3 is 0 Å². The molecule has 0 radical (unpaired) electrons. The van der Waals surface area contributed by atoms with Crippen LogP contribution in [-0.2, 0) is 17.1 Å². The molecular formula is C23H25N5O2S2. The number of aromatic nitrogens is 4. The first-order valence-corrected chi connectivity index (χ1v) is 12.8. The maximum absolute atomic E-state index is 13.0. The van der Waals surface area contributed by atoms with Gasteiger partial charge in [-0.15, -0.1) is 21.5 Å². The molecule has 0 unspecified atom stereocenters. The zero-order valence-electron chi connectivity index (χ0n) is 18.2. The molecular weight excluding hydrogens is 442 g/mol. The lowest BCUT2D eigenvalue weighted by atomic mass is 10.1. The minimum absolute atomic E-state index is 0.0131. The van der Waals surface area contributed by atoms with Crippen molar-refractivity contribution in [2.75, 3.05) is 11.4 Å². The van der Waals surface area contributed by atoms with Crippen molar-refractivity contribution in [2.24, 2.45) is 5.92 Å². The molecule has 3 aromatic heterocycles. The molecule has 1 aliphatic heterocycles. The van der Waals surface area contributed by atoms with Crippen molar-refractivity contribution >= 4 is 50.7 Å². The molecule has 1 fully saturated rings. The van der Waals surface area contributed by atoms with E-state index in [-0.39, 0.29) is 11.5 Å². The summed E-state index contributed by atoms with van der Waals surface area (Å²) in [5.41, 5.74) is 2.99. The number of thiophene rings is 1. The summed E-state index contributed by atoms with van der Waals surface area (Å²) in [4.78, 5) is 26.8. The normalized spacial score (nSPS) is 14.5. The Hall–Kier alpha value is -2.65. The number of fused-ring (bicyclic) bond motifs is 3. The Balaban J connectivity index is 1.42. The average molecular weight is 468 g/mol. The van der Waals surface area contributed by atoms with Crippen LogP contribution in [0.5, 0.6) is 0 Å². The van der Waals surface area contributed by atoms with E-state index in [9.17, 15) is 9.59 Å². The molecule has 32 heavy (non-hydrogen) atoms. The fourth-order valence-corrected chi connectivity index (χ4v) is 5.74. The van der Waals surface area contributed by atoms with E-state index in [1.54, 1.807) is 16.3 Å². The monoisotopic (exact) mass is 467 g/mol. The van der Waals surface area contributed by atoms with Crippen molar-refractivity contribution in [2.45, 2.75) is 50.6 Å². The highest BCUT2D eigenvalue weighted by Gasteiger charge is 2.21. The van der Waals surface area contributed by atoms with Gasteiger partial charge in [0.25, 0.3) is 5.56 Å². The average Bonchev–Trinajstić information content (AvgIpc) is 3.51. The summed E-state index contributed by atoms with van der Waals surface area (Å²) in [6, 6.07) is 10.1. The third-order valence-corrected chi connectivity index (χ3v) is 7.69. The maximum atomic E-state index is 13.0. The number of thioether (sulfide) groups is 1. The van der Waals surface area contributed by atoms with Crippen LogP contribution in [0.4, 0.5) is 5.69 Å². The molecule has 4 heterocycles. The SMILES string of the molecule is CC(C)CCn1c(=O)c2sccc2n2c(SCc3ccc(N4CCCC4=O)cc3)nnc12. The van der Waals surface area contributed by atoms with E-state index >= 15 is 0 Å². The first-order valence-electron chi connectivity index (χ1n) is 10.9. The summed E-state index contributed by atoms with van der Waals surface area (Å²) in [7, 11) is 0. The van der Waals surface area contributed by atoms with E-state index < -0.39 is 0 Å². The van der Waals surface area contributed by atoms with E-state index in [2.05, 4.69) is 36.2 Å². The number of aryl methyl sites for hydroxylation is 1. The number of carbonyl (C=O) groups excluding carboxylic acids is 1. The first-order chi connectivity index (χ1) is 15.5. The van der Waals surface area contributed by atoms with Crippen molar-refractivity contribution < 1.29 is 4.79 Å². The Bertz CT molecular complexity index is 1340. The molecule has 0 spiro atoms. The van der Waals surface area contributed by atoms with E-state index in [1.165, 1.54) is 11.3 Å². The van der Waals surface area contributed by atoms with Crippen LogP contribution in [-0.4, -0.2) is 31.6 Å². The van der Waals surface area contributed by atoms with Gasteiger partial charge in [0.15, 0.2) is 5.16 Å². The second-order valence-corrected chi connectivity index (χ2v) is 10.4. The van der Waals surface area contributed by atoms with Gasteiger partial charge in [-0.25, -0.2) is 0 Å². The minimum atomic E-state index is 0.0131. The molecule has 1 amide bonds. The Morgan fingerprint density at radius 1 is 1.12 bits per heavy atom. The van der Waals surface area contributed by atoms with Crippen LogP contribution in [0, 0.1) is 5.92 Å². The number of rotatable bonds is 7. The zero-order chi connectivity index (χ0) is 22.2. The molecule has 0 aliphatic carbocycles. The summed E-state index contributed by atoms with van der Waals surface area (Å²) in [6.07, 6.45) is 2.47. The van der Waals surface area contributed by atoms with Gasteiger partial charge < -0.3 is 4.90 Å². The first kappa shape index (κ1) is 21.2. The second-order valence-electron chi connectivity index (χ2n) is 8.50. The molecule has 0 atom stereocenters. The Morgan fingerprint density at radius 3 is 2.66 bits per heavy atom. The fraction of sp³-hybridized carbons (Fsp3) is 0.391. The summed E-state index contributed by atoms with van der Waals surface area (Å²) in [5.74, 6) is 2.03. The van der Waals surface area contributed by atoms with E-state index in [0.717, 1.165) is 51.8 Å². The lowest BCUT2D eigenvalue weighted by Crippen LogP contribution is -2.23. The lowest BCUT2D eigenvalue weighted by Gasteiger charge is -2.15. The van der Waals surface area contributed by atoms with Crippen LogP contribution in [0.3, 0.4) is 0 Å². The largest absolute Gasteiger partial charge is 0.312 e. The van der Waals surface area contributed by atoms with Gasteiger partial charge in [0.05, 0.1) is 5.52 Å². The second kappa shape index (κ2) is 8.71. The van der Waals surface area contributed by atoms with E-state index in [1.807, 2.05) is 32.9 Å². The van der Waals surface area contributed by atoms with Crippen molar-refractivity contribution in [1.82, 2.24) is 19.2 Å². The quantitative estimate of drug-likeness (QED) is 0.372. The van der Waals surface area contributed by atoms with Crippen molar-refractivity contribution in [1.29, 1.82) is 0 Å². The molecule has 1 aliphatic rings. The molecule has 4 aromatic rings. The number of benzene rings is 1. The highest BCUT2D eigenvalue weighted by Crippen LogP contribution is 2.28. The van der Waals surface area contributed by atoms with Crippen LogP contribution >= 0.6 is 23.1 Å². The van der Waals surface area contributed by atoms with Crippen LogP contribution in [0.2, 0.25) is 0 Å². The Kier molecular flexibility index (Phi) is 5.77. The van der Waals surface area contributed by atoms with Gasteiger partial charge in [-0.05, 0) is 47.9 Å². The molecule has 166 valence electrons. The van der Waals surface area contributed by atoms with Gasteiger partial charge in [0.1, 0.15) is 4.70 Å². The molecule has 5 rings (SSSR count). The van der Waals surface area contributed by atoms with Crippen LogP contribution < -0.4 is 10.5 Å². The zero-order valence-corrected chi connectivity index (χ0v) is 19.8. The molecule has 0 bridgehead atoms. The van der Waals surface area contributed by atoms with Gasteiger partial charge in [0, 0.05) is 31.0 Å². The predicted octanol–water partition coefficient (Wildman–Crippen LogP) is 4.57. The fourth-order valence-electron chi connectivity index (χ4n) is 4.02. The molecule has 1 saturated heterocycles. The van der Waals surface area contributed by atoms with Crippen LogP contribution in [0.1, 0.15) is 38.7 Å². The van der Waals surface area contributed by atoms with Crippen LogP contribution in [0.15, 0.2) is 45.7 Å². The number of carbonyl (C=O) groups is 1. The summed E-state index contributed by atoms with van der Waals surface area (Å²) in [5, 5.41) is 11.5. The van der Waals surface area contributed by atoms with E-state index in [0.29, 0.717) is 24.7 Å². The number of anilines is 1. The summed E-state index contributed by atoms with van der Waals surface area (Å²) >= 11 is 3.07. The highest BCUT2D eigenvalue weighted by atomic mass is 32.2. The molecule has 9 heteroatoms. The lowest BCUT2D eigenvalue weighted by molar-refractivity contribution is -0.117. The number of nitrogens with zero attached hydrogens (tertiary/aromatic N) is 5. The van der Waals surface area contributed by atoms with Gasteiger partial charge in [-0.2, -0.15) is 0 Å². The molecule has 7 nitrogen and oxygen atoms in total. The van der Waals surface area contributed by atoms with Gasteiger partial charge in [-0.1, -0.05) is 37.7 Å². The molecule has 0 saturated carbocycles. The van der Waals surface area contributed by atoms with Gasteiger partial charge in [0.2, 0.25) is 11.7 Å². The Morgan fingerprint density at radius 2 is 1.94 bits per heavy atom. The minimum Gasteiger partial charge on any atom is -0.312 e. The topological polar surface area (TPSA) is 72.5 Å². The van der Waals surface area contributed by atoms with Crippen LogP contribution in [0.25, 0.3) is 16.0 Å². The van der Waals surface area contributed by atoms with Crippen molar-refractivity contribution in [3.8, 4) is 0 Å². The smallest absolute Gasteiger partial charge is 0.272 e. The number of amides is 1. The summed E-state index contributed by atoms with van der Waals surface area (Å²) < 4.78 is 4.51. The number of hydrogen-bond donors (Lipinski definition) is 0. The summed E-state index contributed by atoms with van der Waals surface area (Å²) in [6.45, 7) is 5.74. The molecule has 0 N–H and O–H groups in total.